The highest BCUT2D eigenvalue weighted by Crippen LogP contribution is 1.85. The summed E-state index contributed by atoms with van der Waals surface area (Å²) in [5, 5.41) is -0.873. The zero-order chi connectivity index (χ0) is 10.1. The van der Waals surface area contributed by atoms with E-state index >= 15 is 0 Å². The molecule has 0 aliphatic rings. The van der Waals surface area contributed by atoms with Crippen molar-refractivity contribution in [3.8, 4) is 0 Å². The number of nitrogens with two attached hydrogens (primary N) is 1. The molecule has 1 amide bonds. The Morgan fingerprint density at radius 1 is 1.42 bits per heavy atom. The number of carbonyl (C=O) groups excluding carboxylic acids is 3. The monoisotopic (exact) mass is 194 g/mol. The van der Waals surface area contributed by atoms with E-state index in [1.807, 2.05) is 5.43 Å². The van der Waals surface area contributed by atoms with Crippen LogP contribution in [0.15, 0.2) is 0 Å². The highest BCUT2D eigenvalue weighted by molar-refractivity contribution is 6.81. The number of halogens is 1. The summed E-state index contributed by atoms with van der Waals surface area (Å²) < 4.78 is 0. The van der Waals surface area contributed by atoms with Crippen LogP contribution in [-0.2, 0) is 14.4 Å². The van der Waals surface area contributed by atoms with Crippen molar-refractivity contribution in [3.63, 3.8) is 0 Å². The standard InChI is InChI=1S/C4H5ClO2.C2H6N2O/c1-2-3(6)4(5)7;1-2(5)4-3/h2H2,1H3;3H2,1H3,(H,4,5). The fraction of sp³-hybridized carbons (Fsp3) is 0.500. The zero-order valence-corrected chi connectivity index (χ0v) is 7.64. The first-order chi connectivity index (χ1) is 5.45. The molecule has 0 saturated heterocycles. The molecule has 0 saturated carbocycles. The SMILES string of the molecule is CC(=O)NN.CCC(=O)C(=O)Cl. The van der Waals surface area contributed by atoms with Gasteiger partial charge in [0, 0.05) is 13.3 Å². The van der Waals surface area contributed by atoms with Crippen LogP contribution in [0.1, 0.15) is 20.3 Å². The third kappa shape index (κ3) is 11.8. The summed E-state index contributed by atoms with van der Waals surface area (Å²) in [6.07, 6.45) is 0.197. The molecule has 0 fully saturated rings. The van der Waals surface area contributed by atoms with Crippen LogP contribution in [0.25, 0.3) is 0 Å². The largest absolute Gasteiger partial charge is 0.295 e. The summed E-state index contributed by atoms with van der Waals surface area (Å²) in [7, 11) is 0. The lowest BCUT2D eigenvalue weighted by molar-refractivity contribution is -0.131. The molecule has 0 bridgehead atoms. The molecule has 0 aromatic rings. The lowest BCUT2D eigenvalue weighted by Crippen LogP contribution is -2.26. The van der Waals surface area contributed by atoms with Crippen LogP contribution in [0.2, 0.25) is 0 Å². The van der Waals surface area contributed by atoms with Gasteiger partial charge in [-0.25, -0.2) is 5.84 Å². The molecule has 70 valence electrons. The summed E-state index contributed by atoms with van der Waals surface area (Å²) in [6, 6.07) is 0. The molecular weight excluding hydrogens is 184 g/mol. The van der Waals surface area contributed by atoms with Crippen molar-refractivity contribution in [2.24, 2.45) is 5.84 Å². The number of hydrogen-bond acceptors (Lipinski definition) is 4. The van der Waals surface area contributed by atoms with Crippen molar-refractivity contribution < 1.29 is 14.4 Å². The molecule has 0 rings (SSSR count). The first-order valence-electron chi connectivity index (χ1n) is 3.15. The Kier molecular flexibility index (Phi) is 9.27. The Balaban J connectivity index is 0. The molecule has 0 aliphatic carbocycles. The molecule has 0 aromatic carbocycles. The summed E-state index contributed by atoms with van der Waals surface area (Å²) in [4.78, 5) is 29.4. The number of carbonyl (C=O) groups is 3. The second-order valence-electron chi connectivity index (χ2n) is 1.75. The Morgan fingerprint density at radius 3 is 1.75 bits per heavy atom. The van der Waals surface area contributed by atoms with Crippen LogP contribution in [-0.4, -0.2) is 16.9 Å². The van der Waals surface area contributed by atoms with Crippen LogP contribution < -0.4 is 11.3 Å². The zero-order valence-electron chi connectivity index (χ0n) is 6.89. The number of hydrazine groups is 1. The molecule has 0 unspecified atom stereocenters. The summed E-state index contributed by atoms with van der Waals surface area (Å²) in [5.74, 6) is 3.83. The second kappa shape index (κ2) is 8.16. The third-order valence-corrected chi connectivity index (χ3v) is 0.954. The van der Waals surface area contributed by atoms with E-state index in [9.17, 15) is 14.4 Å². The van der Waals surface area contributed by atoms with Gasteiger partial charge in [0.1, 0.15) is 0 Å². The van der Waals surface area contributed by atoms with E-state index in [0.29, 0.717) is 0 Å². The van der Waals surface area contributed by atoms with Crippen LogP contribution in [0.4, 0.5) is 0 Å². The molecule has 0 heterocycles. The Morgan fingerprint density at radius 2 is 1.75 bits per heavy atom. The van der Waals surface area contributed by atoms with Gasteiger partial charge < -0.3 is 0 Å². The van der Waals surface area contributed by atoms with Gasteiger partial charge in [-0.3, -0.25) is 19.8 Å². The number of hydrogen-bond donors (Lipinski definition) is 2. The predicted octanol–water partition coefficient (Wildman–Crippen LogP) is -0.273. The van der Waals surface area contributed by atoms with E-state index in [0.717, 1.165) is 0 Å². The van der Waals surface area contributed by atoms with Gasteiger partial charge >= 0.3 is 0 Å². The van der Waals surface area contributed by atoms with Gasteiger partial charge in [0.2, 0.25) is 11.7 Å². The van der Waals surface area contributed by atoms with E-state index in [2.05, 4.69) is 5.84 Å². The fourth-order valence-electron chi connectivity index (χ4n) is 0.139. The Labute approximate surface area is 75.2 Å². The predicted molar refractivity (Wildman–Crippen MR) is 44.2 cm³/mol. The number of amides is 1. The molecular formula is C6H11ClN2O3. The quantitative estimate of drug-likeness (QED) is 0.208. The molecule has 0 atom stereocenters. The highest BCUT2D eigenvalue weighted by Gasteiger charge is 2.04. The van der Waals surface area contributed by atoms with E-state index in [1.54, 1.807) is 6.92 Å². The first kappa shape index (κ1) is 13.6. The van der Waals surface area contributed by atoms with Crippen LogP contribution in [0.5, 0.6) is 0 Å². The smallest absolute Gasteiger partial charge is 0.288 e. The van der Waals surface area contributed by atoms with Crippen molar-refractivity contribution in [3.05, 3.63) is 0 Å². The average Bonchev–Trinajstić information content (AvgIpc) is 2.04. The van der Waals surface area contributed by atoms with Crippen LogP contribution in [0, 0.1) is 0 Å². The van der Waals surface area contributed by atoms with Gasteiger partial charge in [0.25, 0.3) is 5.24 Å². The molecule has 0 aromatic heterocycles. The van der Waals surface area contributed by atoms with Crippen molar-refractivity contribution in [1.29, 1.82) is 0 Å². The molecule has 3 N–H and O–H groups in total. The topological polar surface area (TPSA) is 89.3 Å². The van der Waals surface area contributed by atoms with Crippen molar-refractivity contribution in [2.75, 3.05) is 0 Å². The molecule has 5 nitrogen and oxygen atoms in total. The number of rotatable bonds is 2. The minimum Gasteiger partial charge on any atom is -0.295 e. The fourth-order valence-corrected chi connectivity index (χ4v) is 0.273. The highest BCUT2D eigenvalue weighted by atomic mass is 35.5. The molecule has 0 aliphatic heterocycles. The maximum Gasteiger partial charge on any atom is 0.288 e. The van der Waals surface area contributed by atoms with Crippen molar-refractivity contribution >= 4 is 28.5 Å². The van der Waals surface area contributed by atoms with Crippen molar-refractivity contribution in [2.45, 2.75) is 20.3 Å². The maximum atomic E-state index is 10.0. The van der Waals surface area contributed by atoms with Gasteiger partial charge in [0.15, 0.2) is 0 Å². The van der Waals surface area contributed by atoms with Gasteiger partial charge in [-0.1, -0.05) is 6.92 Å². The molecule has 6 heteroatoms. The van der Waals surface area contributed by atoms with Gasteiger partial charge in [-0.05, 0) is 11.6 Å². The van der Waals surface area contributed by atoms with Gasteiger partial charge in [0.05, 0.1) is 0 Å². The molecule has 12 heavy (non-hydrogen) atoms. The number of ketones is 1. The number of nitrogens with one attached hydrogen (secondary N) is 1. The van der Waals surface area contributed by atoms with Crippen LogP contribution >= 0.6 is 11.6 Å². The summed E-state index contributed by atoms with van der Waals surface area (Å²) in [6.45, 7) is 2.93. The average molecular weight is 195 g/mol. The Hall–Kier alpha value is -0.940. The first-order valence-corrected chi connectivity index (χ1v) is 3.53. The Bertz CT molecular complexity index is 182. The second-order valence-corrected chi connectivity index (χ2v) is 2.09. The van der Waals surface area contributed by atoms with E-state index in [4.69, 9.17) is 11.6 Å². The summed E-state index contributed by atoms with van der Waals surface area (Å²) in [5.41, 5.74) is 1.89. The molecule has 0 radical (unpaired) electrons. The summed E-state index contributed by atoms with van der Waals surface area (Å²) >= 11 is 4.74. The number of Topliss-reactive ketones (excluding diaryl/α,β-unsaturated/α-hetero) is 1. The lowest BCUT2D eigenvalue weighted by Gasteiger charge is -1.80. The maximum absolute atomic E-state index is 10.0. The third-order valence-electron chi connectivity index (χ3n) is 0.744. The van der Waals surface area contributed by atoms with Crippen LogP contribution in [0.3, 0.4) is 0 Å². The van der Waals surface area contributed by atoms with E-state index in [1.165, 1.54) is 6.92 Å². The minimum absolute atomic E-state index is 0.197. The van der Waals surface area contributed by atoms with E-state index < -0.39 is 11.0 Å². The molecule has 0 spiro atoms. The normalized spacial score (nSPS) is 7.67. The van der Waals surface area contributed by atoms with Gasteiger partial charge in [-0.15, -0.1) is 0 Å². The van der Waals surface area contributed by atoms with Crippen molar-refractivity contribution in [1.82, 2.24) is 5.43 Å². The van der Waals surface area contributed by atoms with Gasteiger partial charge in [-0.2, -0.15) is 0 Å². The lowest BCUT2D eigenvalue weighted by atomic mass is 10.3. The van der Waals surface area contributed by atoms with E-state index in [-0.39, 0.29) is 12.3 Å². The minimum atomic E-state index is -0.873.